The fourth-order valence-corrected chi connectivity index (χ4v) is 1.48. The zero-order valence-corrected chi connectivity index (χ0v) is 10.1. The summed E-state index contributed by atoms with van der Waals surface area (Å²) < 4.78 is 4.84. The van der Waals surface area contributed by atoms with Crippen molar-refractivity contribution in [2.45, 2.75) is 13.8 Å². The molecule has 2 heterocycles. The second-order valence-electron chi connectivity index (χ2n) is 3.64. The molecule has 0 saturated heterocycles. The highest BCUT2D eigenvalue weighted by Crippen LogP contribution is 2.21. The number of aryl methyl sites for hydroxylation is 2. The van der Waals surface area contributed by atoms with Gasteiger partial charge in [-0.05, 0) is 25.5 Å². The fourth-order valence-electron chi connectivity index (χ4n) is 1.33. The van der Waals surface area contributed by atoms with E-state index in [-0.39, 0.29) is 10.9 Å². The van der Waals surface area contributed by atoms with Crippen LogP contribution in [0.1, 0.15) is 21.7 Å². The monoisotopic (exact) mass is 251 g/mol. The molecule has 6 heteroatoms. The van der Waals surface area contributed by atoms with Crippen LogP contribution in [0.25, 0.3) is 0 Å². The van der Waals surface area contributed by atoms with E-state index < -0.39 is 5.91 Å². The SMILES string of the molecule is Cc1cnc(Cl)c(NC(=O)c2oncc2C)c1. The average Bonchev–Trinajstić information content (AvgIpc) is 2.70. The van der Waals surface area contributed by atoms with Crippen LogP contribution < -0.4 is 5.32 Å². The Morgan fingerprint density at radius 1 is 1.41 bits per heavy atom. The molecule has 0 bridgehead atoms. The fraction of sp³-hybridized carbons (Fsp3) is 0.182. The molecule has 2 rings (SSSR count). The standard InChI is InChI=1S/C11H10ClN3O2/c1-6-3-8(10(12)13-4-6)15-11(16)9-7(2)5-14-17-9/h3-5H,1-2H3,(H,15,16). The molecule has 88 valence electrons. The number of halogens is 1. The number of carbonyl (C=O) groups excluding carboxylic acids is 1. The third kappa shape index (κ3) is 2.45. The molecule has 0 aliphatic rings. The van der Waals surface area contributed by atoms with Crippen LogP contribution in [0, 0.1) is 13.8 Å². The van der Waals surface area contributed by atoms with Crippen molar-refractivity contribution in [1.82, 2.24) is 10.1 Å². The molecule has 0 fully saturated rings. The highest BCUT2D eigenvalue weighted by Gasteiger charge is 2.15. The summed E-state index contributed by atoms with van der Waals surface area (Å²) in [6.07, 6.45) is 3.10. The zero-order chi connectivity index (χ0) is 12.4. The average molecular weight is 252 g/mol. The summed E-state index contributed by atoms with van der Waals surface area (Å²) in [6.45, 7) is 3.60. The van der Waals surface area contributed by atoms with Crippen molar-refractivity contribution in [3.63, 3.8) is 0 Å². The van der Waals surface area contributed by atoms with Gasteiger partial charge in [-0.25, -0.2) is 4.98 Å². The van der Waals surface area contributed by atoms with Gasteiger partial charge in [-0.15, -0.1) is 0 Å². The van der Waals surface area contributed by atoms with Gasteiger partial charge in [-0.2, -0.15) is 0 Å². The third-order valence-corrected chi connectivity index (χ3v) is 2.48. The Hall–Kier alpha value is -1.88. The van der Waals surface area contributed by atoms with E-state index >= 15 is 0 Å². The number of hydrogen-bond acceptors (Lipinski definition) is 4. The Labute approximate surface area is 103 Å². The first-order valence-corrected chi connectivity index (χ1v) is 5.30. The third-order valence-electron chi connectivity index (χ3n) is 2.18. The molecule has 1 N–H and O–H groups in total. The summed E-state index contributed by atoms with van der Waals surface area (Å²) >= 11 is 5.87. The predicted molar refractivity (Wildman–Crippen MR) is 63.2 cm³/mol. The largest absolute Gasteiger partial charge is 0.351 e. The second kappa shape index (κ2) is 4.55. The summed E-state index contributed by atoms with van der Waals surface area (Å²) in [5.74, 6) is -0.225. The van der Waals surface area contributed by atoms with Gasteiger partial charge >= 0.3 is 0 Å². The van der Waals surface area contributed by atoms with Crippen LogP contribution in [0.2, 0.25) is 5.15 Å². The summed E-state index contributed by atoms with van der Waals surface area (Å²) in [7, 11) is 0. The molecular formula is C11H10ClN3O2. The topological polar surface area (TPSA) is 68.0 Å². The zero-order valence-electron chi connectivity index (χ0n) is 9.32. The van der Waals surface area contributed by atoms with Gasteiger partial charge < -0.3 is 9.84 Å². The highest BCUT2D eigenvalue weighted by atomic mass is 35.5. The number of aromatic nitrogens is 2. The van der Waals surface area contributed by atoms with Crippen LogP contribution in [-0.2, 0) is 0 Å². The molecule has 0 aliphatic heterocycles. The van der Waals surface area contributed by atoms with Crippen LogP contribution in [0.3, 0.4) is 0 Å². The number of nitrogens with zero attached hydrogens (tertiary/aromatic N) is 2. The predicted octanol–water partition coefficient (Wildman–Crippen LogP) is 2.59. The molecular weight excluding hydrogens is 242 g/mol. The van der Waals surface area contributed by atoms with Gasteiger partial charge in [0, 0.05) is 11.8 Å². The van der Waals surface area contributed by atoms with E-state index in [0.29, 0.717) is 11.3 Å². The lowest BCUT2D eigenvalue weighted by molar-refractivity contribution is 0.0987. The number of rotatable bonds is 2. The minimum atomic E-state index is -0.394. The summed E-state index contributed by atoms with van der Waals surface area (Å²) in [4.78, 5) is 15.8. The molecule has 0 aromatic carbocycles. The van der Waals surface area contributed by atoms with Crippen LogP contribution >= 0.6 is 11.6 Å². The van der Waals surface area contributed by atoms with Gasteiger partial charge in [0.05, 0.1) is 11.9 Å². The summed E-state index contributed by atoms with van der Waals surface area (Å²) in [5.41, 5.74) is 2.02. The van der Waals surface area contributed by atoms with Crippen LogP contribution in [0.15, 0.2) is 23.0 Å². The molecule has 17 heavy (non-hydrogen) atoms. The maximum atomic E-state index is 11.8. The number of nitrogens with one attached hydrogen (secondary N) is 1. The van der Waals surface area contributed by atoms with Crippen molar-refractivity contribution in [1.29, 1.82) is 0 Å². The van der Waals surface area contributed by atoms with Crippen molar-refractivity contribution >= 4 is 23.2 Å². The van der Waals surface area contributed by atoms with Crippen LogP contribution in [-0.4, -0.2) is 16.0 Å². The maximum Gasteiger partial charge on any atom is 0.294 e. The van der Waals surface area contributed by atoms with Gasteiger partial charge in [0.15, 0.2) is 5.15 Å². The summed E-state index contributed by atoms with van der Waals surface area (Å²) in [5, 5.41) is 6.40. The lowest BCUT2D eigenvalue weighted by Crippen LogP contribution is -2.13. The Morgan fingerprint density at radius 2 is 2.18 bits per heavy atom. The van der Waals surface area contributed by atoms with Crippen molar-refractivity contribution in [3.8, 4) is 0 Å². The molecule has 5 nitrogen and oxygen atoms in total. The van der Waals surface area contributed by atoms with E-state index in [1.165, 1.54) is 6.20 Å². The quantitative estimate of drug-likeness (QED) is 0.833. The van der Waals surface area contributed by atoms with Crippen molar-refractivity contribution in [3.05, 3.63) is 40.5 Å². The first-order valence-electron chi connectivity index (χ1n) is 4.92. The van der Waals surface area contributed by atoms with E-state index in [4.69, 9.17) is 16.1 Å². The van der Waals surface area contributed by atoms with E-state index in [2.05, 4.69) is 15.5 Å². The van der Waals surface area contributed by atoms with Crippen molar-refractivity contribution in [2.75, 3.05) is 5.32 Å². The van der Waals surface area contributed by atoms with Crippen molar-refractivity contribution in [2.24, 2.45) is 0 Å². The lowest BCUT2D eigenvalue weighted by Gasteiger charge is -2.05. The molecule has 0 unspecified atom stereocenters. The highest BCUT2D eigenvalue weighted by molar-refractivity contribution is 6.32. The van der Waals surface area contributed by atoms with E-state index in [1.54, 1.807) is 19.2 Å². The van der Waals surface area contributed by atoms with E-state index in [0.717, 1.165) is 5.56 Å². The molecule has 2 aromatic rings. The van der Waals surface area contributed by atoms with E-state index in [1.807, 2.05) is 6.92 Å². The van der Waals surface area contributed by atoms with Gasteiger partial charge in [0.2, 0.25) is 5.76 Å². The molecule has 0 spiro atoms. The molecule has 0 atom stereocenters. The smallest absolute Gasteiger partial charge is 0.294 e. The Bertz CT molecular complexity index is 566. The number of hydrogen-bond donors (Lipinski definition) is 1. The maximum absolute atomic E-state index is 11.8. The molecule has 1 amide bonds. The lowest BCUT2D eigenvalue weighted by atomic mass is 10.2. The Balaban J connectivity index is 2.24. The first-order chi connectivity index (χ1) is 8.08. The summed E-state index contributed by atoms with van der Waals surface area (Å²) in [6, 6.07) is 1.74. The molecule has 0 aliphatic carbocycles. The number of anilines is 1. The van der Waals surface area contributed by atoms with Gasteiger partial charge in [0.1, 0.15) is 0 Å². The minimum Gasteiger partial charge on any atom is -0.351 e. The normalized spacial score (nSPS) is 10.3. The number of pyridine rings is 1. The number of carbonyl (C=O) groups is 1. The Morgan fingerprint density at radius 3 is 2.82 bits per heavy atom. The van der Waals surface area contributed by atoms with Gasteiger partial charge in [0.25, 0.3) is 5.91 Å². The molecule has 0 radical (unpaired) electrons. The first kappa shape index (κ1) is 11.6. The minimum absolute atomic E-state index is 0.169. The molecule has 0 saturated carbocycles. The van der Waals surface area contributed by atoms with Gasteiger partial charge in [-0.3, -0.25) is 4.79 Å². The van der Waals surface area contributed by atoms with E-state index in [9.17, 15) is 4.79 Å². The Kier molecular flexibility index (Phi) is 3.10. The van der Waals surface area contributed by atoms with Crippen LogP contribution in [0.5, 0.6) is 0 Å². The van der Waals surface area contributed by atoms with Crippen LogP contribution in [0.4, 0.5) is 5.69 Å². The second-order valence-corrected chi connectivity index (χ2v) is 4.00. The van der Waals surface area contributed by atoms with Crippen molar-refractivity contribution < 1.29 is 9.32 Å². The number of amides is 1. The van der Waals surface area contributed by atoms with Gasteiger partial charge in [-0.1, -0.05) is 16.8 Å². The molecule has 2 aromatic heterocycles.